The Kier molecular flexibility index (Phi) is 4.91. The van der Waals surface area contributed by atoms with Crippen molar-refractivity contribution in [1.29, 1.82) is 0 Å². The van der Waals surface area contributed by atoms with Crippen LogP contribution in [0.25, 0.3) is 0 Å². The lowest BCUT2D eigenvalue weighted by Gasteiger charge is -2.34. The smallest absolute Gasteiger partial charge is 0.243 e. The molecule has 2 aliphatic rings. The second-order valence-electron chi connectivity index (χ2n) is 7.79. The molecule has 4 rings (SSSR count). The fourth-order valence-corrected chi connectivity index (χ4v) is 5.95. The maximum Gasteiger partial charge on any atom is 0.243 e. The van der Waals surface area contributed by atoms with E-state index in [0.717, 1.165) is 16.9 Å². The van der Waals surface area contributed by atoms with Gasteiger partial charge in [0.05, 0.1) is 30.0 Å². The molecule has 0 aromatic heterocycles. The number of carbonyl (C=O) groups is 1. The molecule has 1 saturated heterocycles. The molecule has 29 heavy (non-hydrogen) atoms. The summed E-state index contributed by atoms with van der Waals surface area (Å²) < 4.78 is 39.8. The molecule has 0 amide bonds. The van der Waals surface area contributed by atoms with Gasteiger partial charge in [0.1, 0.15) is 17.1 Å². The molecule has 1 unspecified atom stereocenters. The zero-order valence-electron chi connectivity index (χ0n) is 16.9. The summed E-state index contributed by atoms with van der Waals surface area (Å²) in [6.07, 6.45) is 0.679. The van der Waals surface area contributed by atoms with Crippen LogP contribution in [0.15, 0.2) is 41.3 Å². The molecule has 2 aromatic rings. The average Bonchev–Trinajstić information content (AvgIpc) is 3.08. The molecule has 0 radical (unpaired) electrons. The van der Waals surface area contributed by atoms with E-state index in [1.54, 1.807) is 30.3 Å². The van der Waals surface area contributed by atoms with Gasteiger partial charge in [-0.1, -0.05) is 12.1 Å². The van der Waals surface area contributed by atoms with Gasteiger partial charge in [0.25, 0.3) is 0 Å². The number of aryl methyl sites for hydroxylation is 2. The van der Waals surface area contributed by atoms with E-state index in [2.05, 4.69) is 0 Å². The Morgan fingerprint density at radius 3 is 2.55 bits per heavy atom. The van der Waals surface area contributed by atoms with Gasteiger partial charge in [-0.2, -0.15) is 4.31 Å². The van der Waals surface area contributed by atoms with Gasteiger partial charge in [-0.3, -0.25) is 4.79 Å². The minimum atomic E-state index is -3.70. The Bertz CT molecular complexity index is 1060. The van der Waals surface area contributed by atoms with Crippen molar-refractivity contribution in [2.45, 2.75) is 44.1 Å². The molecule has 1 spiro atoms. The molecule has 7 heteroatoms. The standard InChI is InChI=1S/C22H25NO5S/c1-4-27-21-15(2)11-17(12-16(21)3)29(25,26)23-10-9-22(14-23)13-19(24)18-7-5-6-8-20(18)28-22/h5-8,11-12H,4,9-10,13-14H2,1-3H3. The third-order valence-electron chi connectivity index (χ3n) is 5.64. The minimum absolute atomic E-state index is 0.00106. The lowest BCUT2D eigenvalue weighted by molar-refractivity contribution is 0.0498. The zero-order chi connectivity index (χ0) is 20.8. The Labute approximate surface area is 171 Å². The number of para-hydroxylation sites is 1. The van der Waals surface area contributed by atoms with Crippen molar-refractivity contribution in [2.75, 3.05) is 19.7 Å². The van der Waals surface area contributed by atoms with E-state index < -0.39 is 15.6 Å². The summed E-state index contributed by atoms with van der Waals surface area (Å²) in [5.74, 6) is 1.26. The quantitative estimate of drug-likeness (QED) is 0.764. The van der Waals surface area contributed by atoms with Crippen molar-refractivity contribution in [3.8, 4) is 11.5 Å². The SMILES string of the molecule is CCOc1c(C)cc(S(=O)(=O)N2CCC3(CC(=O)c4ccccc4O3)C2)cc1C. The van der Waals surface area contributed by atoms with E-state index >= 15 is 0 Å². The lowest BCUT2D eigenvalue weighted by atomic mass is 9.89. The highest BCUT2D eigenvalue weighted by molar-refractivity contribution is 7.89. The number of carbonyl (C=O) groups excluding carboxylic acids is 1. The molecule has 0 saturated carbocycles. The van der Waals surface area contributed by atoms with Crippen LogP contribution in [-0.4, -0.2) is 43.8 Å². The normalized spacial score (nSPS) is 21.8. The second-order valence-corrected chi connectivity index (χ2v) is 9.73. The van der Waals surface area contributed by atoms with Crippen molar-refractivity contribution < 1.29 is 22.7 Å². The molecule has 1 fully saturated rings. The third kappa shape index (κ3) is 3.42. The molecule has 0 bridgehead atoms. The number of Topliss-reactive ketones (excluding diaryl/α,β-unsaturated/α-hetero) is 1. The van der Waals surface area contributed by atoms with Crippen molar-refractivity contribution in [2.24, 2.45) is 0 Å². The second kappa shape index (κ2) is 7.15. The number of benzene rings is 2. The van der Waals surface area contributed by atoms with Crippen LogP contribution in [0.2, 0.25) is 0 Å². The van der Waals surface area contributed by atoms with Crippen LogP contribution in [0.3, 0.4) is 0 Å². The summed E-state index contributed by atoms with van der Waals surface area (Å²) in [6, 6.07) is 10.4. The summed E-state index contributed by atoms with van der Waals surface area (Å²) in [5, 5.41) is 0. The first-order valence-corrected chi connectivity index (χ1v) is 11.3. The number of sulfonamides is 1. The number of hydrogen-bond donors (Lipinski definition) is 0. The van der Waals surface area contributed by atoms with Gasteiger partial charge in [0, 0.05) is 13.0 Å². The van der Waals surface area contributed by atoms with Gasteiger partial charge in [-0.05, 0) is 56.2 Å². The number of fused-ring (bicyclic) bond motifs is 1. The summed E-state index contributed by atoms with van der Waals surface area (Å²) in [6.45, 7) is 6.61. The summed E-state index contributed by atoms with van der Waals surface area (Å²) in [7, 11) is -3.70. The van der Waals surface area contributed by atoms with E-state index in [9.17, 15) is 13.2 Å². The van der Waals surface area contributed by atoms with Crippen LogP contribution in [-0.2, 0) is 10.0 Å². The molecular formula is C22H25NO5S. The Morgan fingerprint density at radius 2 is 1.86 bits per heavy atom. The largest absolute Gasteiger partial charge is 0.493 e. The van der Waals surface area contributed by atoms with Gasteiger partial charge in [0.15, 0.2) is 5.78 Å². The van der Waals surface area contributed by atoms with Crippen LogP contribution < -0.4 is 9.47 Å². The number of nitrogens with zero attached hydrogens (tertiary/aromatic N) is 1. The van der Waals surface area contributed by atoms with E-state index in [1.165, 1.54) is 4.31 Å². The zero-order valence-corrected chi connectivity index (χ0v) is 17.7. The molecule has 2 aromatic carbocycles. The van der Waals surface area contributed by atoms with Gasteiger partial charge in [0.2, 0.25) is 10.0 Å². The molecule has 2 aliphatic heterocycles. The van der Waals surface area contributed by atoms with E-state index in [0.29, 0.717) is 30.9 Å². The first kappa shape index (κ1) is 19.9. The lowest BCUT2D eigenvalue weighted by Crippen LogP contribution is -2.45. The fourth-order valence-electron chi connectivity index (χ4n) is 4.26. The summed E-state index contributed by atoms with van der Waals surface area (Å²) in [4.78, 5) is 12.8. The highest BCUT2D eigenvalue weighted by Crippen LogP contribution is 2.40. The fraction of sp³-hybridized carbons (Fsp3) is 0.409. The van der Waals surface area contributed by atoms with Crippen molar-refractivity contribution >= 4 is 15.8 Å². The number of rotatable bonds is 4. The minimum Gasteiger partial charge on any atom is -0.493 e. The Balaban J connectivity index is 1.62. The van der Waals surface area contributed by atoms with Gasteiger partial charge in [-0.15, -0.1) is 0 Å². The molecule has 6 nitrogen and oxygen atoms in total. The predicted molar refractivity (Wildman–Crippen MR) is 109 cm³/mol. The van der Waals surface area contributed by atoms with Crippen LogP contribution in [0.1, 0.15) is 41.3 Å². The van der Waals surface area contributed by atoms with E-state index in [4.69, 9.17) is 9.47 Å². The van der Waals surface area contributed by atoms with Crippen molar-refractivity contribution in [3.05, 3.63) is 53.1 Å². The first-order chi connectivity index (χ1) is 13.8. The monoisotopic (exact) mass is 415 g/mol. The van der Waals surface area contributed by atoms with E-state index in [-0.39, 0.29) is 23.6 Å². The maximum atomic E-state index is 13.3. The number of ether oxygens (including phenoxy) is 2. The third-order valence-corrected chi connectivity index (χ3v) is 7.46. The van der Waals surface area contributed by atoms with E-state index in [1.807, 2.05) is 26.8 Å². The highest BCUT2D eigenvalue weighted by atomic mass is 32.2. The molecule has 0 N–H and O–H groups in total. The molecular weight excluding hydrogens is 390 g/mol. The highest BCUT2D eigenvalue weighted by Gasteiger charge is 2.49. The van der Waals surface area contributed by atoms with Crippen molar-refractivity contribution in [1.82, 2.24) is 4.31 Å². The van der Waals surface area contributed by atoms with Gasteiger partial charge >= 0.3 is 0 Å². The van der Waals surface area contributed by atoms with Crippen LogP contribution >= 0.6 is 0 Å². The molecule has 1 atom stereocenters. The molecule has 0 aliphatic carbocycles. The van der Waals surface area contributed by atoms with Gasteiger partial charge < -0.3 is 9.47 Å². The number of ketones is 1. The topological polar surface area (TPSA) is 72.9 Å². The summed E-state index contributed by atoms with van der Waals surface area (Å²) >= 11 is 0. The average molecular weight is 416 g/mol. The van der Waals surface area contributed by atoms with Crippen LogP contribution in [0, 0.1) is 13.8 Å². The Hall–Kier alpha value is -2.38. The maximum absolute atomic E-state index is 13.3. The molecule has 2 heterocycles. The predicted octanol–water partition coefficient (Wildman–Crippen LogP) is 3.50. The van der Waals surface area contributed by atoms with Crippen LogP contribution in [0.4, 0.5) is 0 Å². The van der Waals surface area contributed by atoms with Crippen LogP contribution in [0.5, 0.6) is 11.5 Å². The van der Waals surface area contributed by atoms with Gasteiger partial charge in [-0.25, -0.2) is 8.42 Å². The number of hydrogen-bond acceptors (Lipinski definition) is 5. The Morgan fingerprint density at radius 1 is 1.17 bits per heavy atom. The first-order valence-electron chi connectivity index (χ1n) is 9.81. The molecule has 154 valence electrons. The summed E-state index contributed by atoms with van der Waals surface area (Å²) in [5.41, 5.74) is 1.35. The van der Waals surface area contributed by atoms with Crippen molar-refractivity contribution in [3.63, 3.8) is 0 Å².